The molecule has 218 valence electrons. The fraction of sp³-hybridized carbons (Fsp3) is 0.600. The molecule has 5 heterocycles. The highest BCUT2D eigenvalue weighted by Gasteiger charge is 2.49. The minimum atomic E-state index is -1.25. The van der Waals surface area contributed by atoms with Gasteiger partial charge in [-0.3, -0.25) is 9.36 Å². The fourth-order valence-corrected chi connectivity index (χ4v) is 5.31. The highest BCUT2D eigenvalue weighted by molar-refractivity contribution is 5.84. The lowest BCUT2D eigenvalue weighted by atomic mass is 10.1. The first kappa shape index (κ1) is 27.0. The van der Waals surface area contributed by atoms with Gasteiger partial charge in [0, 0.05) is 32.3 Å². The van der Waals surface area contributed by atoms with Crippen LogP contribution >= 0.6 is 0 Å². The van der Waals surface area contributed by atoms with Crippen LogP contribution in [0.5, 0.6) is 0 Å². The van der Waals surface area contributed by atoms with Crippen LogP contribution in [0.2, 0.25) is 0 Å². The first-order chi connectivity index (χ1) is 19.9. The van der Waals surface area contributed by atoms with Crippen LogP contribution in [0.4, 0.5) is 11.8 Å². The molecule has 1 saturated heterocycles. The third kappa shape index (κ3) is 5.44. The number of rotatable bonds is 11. The summed E-state index contributed by atoms with van der Waals surface area (Å²) in [6.45, 7) is 4.68. The molecule has 0 amide bonds. The second-order valence-electron chi connectivity index (χ2n) is 10.7. The summed E-state index contributed by atoms with van der Waals surface area (Å²) in [5, 5.41) is 30.4. The number of nitrogens with one attached hydrogen (secondary N) is 2. The number of nitrogens with zero attached hydrogens (tertiary/aromatic N) is 10. The number of anilines is 2. The molecule has 0 aromatic carbocycles. The lowest BCUT2D eigenvalue weighted by Gasteiger charge is -2.20. The van der Waals surface area contributed by atoms with Crippen LogP contribution in [0.3, 0.4) is 0 Å². The Bertz CT molecular complexity index is 1490. The number of aliphatic hydroxyl groups is 1. The van der Waals surface area contributed by atoms with Gasteiger partial charge in [-0.2, -0.15) is 14.8 Å². The lowest BCUT2D eigenvalue weighted by Crippen LogP contribution is -2.32. The van der Waals surface area contributed by atoms with Gasteiger partial charge in [-0.05, 0) is 31.9 Å². The molecule has 0 spiro atoms. The Morgan fingerprint density at radius 1 is 1.22 bits per heavy atom. The van der Waals surface area contributed by atoms with Gasteiger partial charge >= 0.3 is 0 Å². The molecular weight excluding hydrogens is 532 g/mol. The Balaban J connectivity index is 1.32. The normalized spacial score (nSPS) is 23.0. The zero-order valence-corrected chi connectivity index (χ0v) is 23.2. The van der Waals surface area contributed by atoms with E-state index in [1.54, 1.807) is 17.2 Å². The van der Waals surface area contributed by atoms with E-state index >= 15 is 0 Å². The highest BCUT2D eigenvalue weighted by Crippen LogP contribution is 2.40. The number of carbonyl (C=O) groups is 1. The number of aromatic nitrogens is 10. The number of hydrogen-bond donors (Lipinski definition) is 3. The molecule has 4 atom stereocenters. The van der Waals surface area contributed by atoms with Gasteiger partial charge in [-0.1, -0.05) is 12.8 Å². The Hall–Kier alpha value is -4.18. The molecule has 2 fully saturated rings. The number of hydrogen-bond acceptors (Lipinski definition) is 13. The second kappa shape index (κ2) is 11.4. The molecule has 0 bridgehead atoms. The zero-order valence-electron chi connectivity index (χ0n) is 23.2. The number of fused-ring (bicyclic) bond motifs is 1. The van der Waals surface area contributed by atoms with E-state index in [0.29, 0.717) is 35.9 Å². The topological polar surface area (TPSA) is 185 Å². The Labute approximate surface area is 235 Å². The summed E-state index contributed by atoms with van der Waals surface area (Å²) in [5.74, 6) is 1.19. The molecule has 2 aliphatic rings. The maximum atomic E-state index is 11.4. The molecule has 1 saturated carbocycles. The van der Waals surface area contributed by atoms with Gasteiger partial charge in [-0.15, -0.1) is 10.2 Å². The second-order valence-corrected chi connectivity index (χ2v) is 10.7. The van der Waals surface area contributed by atoms with Gasteiger partial charge < -0.3 is 29.8 Å². The van der Waals surface area contributed by atoms with E-state index in [0.717, 1.165) is 31.4 Å². The average Bonchev–Trinajstić information content (AvgIpc) is 3.77. The lowest BCUT2D eigenvalue weighted by molar-refractivity contribution is -0.142. The molecule has 16 heteroatoms. The molecule has 4 aromatic rings. The number of ether oxygens (including phenoxy) is 2. The summed E-state index contributed by atoms with van der Waals surface area (Å²) in [6, 6.07) is 0.255. The molecule has 6 rings (SSSR count). The maximum absolute atomic E-state index is 11.4. The van der Waals surface area contributed by atoms with Gasteiger partial charge in [0.05, 0.1) is 24.4 Å². The Morgan fingerprint density at radius 3 is 2.76 bits per heavy atom. The number of imidazole rings is 2. The molecule has 1 aliphatic carbocycles. The molecule has 16 nitrogen and oxygen atoms in total. The SMILES string of the molecule is CC(C)n1nnc([C@H]2O[C@@H](n3cnc4c(NC5CCCC5)nc(NCCc5cn(C)cn5)nc43)[C@H](OC=O)[C@@H]2O)n1. The molecule has 41 heavy (non-hydrogen) atoms. The average molecular weight is 567 g/mol. The molecule has 0 radical (unpaired) electrons. The van der Waals surface area contributed by atoms with Crippen molar-refractivity contribution in [1.29, 1.82) is 0 Å². The standard InChI is InChI=1S/C25H34N12O4/c1-14(2)37-33-22(32-34-37)19-18(39)20(40-13-38)24(41-19)36-12-28-17-21(29-15-6-4-5-7-15)30-25(31-23(17)36)26-9-8-16-10-35(3)11-27-16/h10-15,18-20,24,39H,4-9H2,1-3H3,(H2,26,29,30,31)/t18-,19+,20-,24-/m1/s1. The minimum Gasteiger partial charge on any atom is -0.457 e. The van der Waals surface area contributed by atoms with Crippen molar-refractivity contribution in [2.75, 3.05) is 17.2 Å². The number of carbonyl (C=O) groups excluding carboxylic acids is 1. The molecule has 1 aliphatic heterocycles. The van der Waals surface area contributed by atoms with Crippen molar-refractivity contribution < 1.29 is 19.4 Å². The molecule has 4 aromatic heterocycles. The van der Waals surface area contributed by atoms with Crippen LogP contribution in [0.25, 0.3) is 11.2 Å². The van der Waals surface area contributed by atoms with Crippen LogP contribution in [0, 0.1) is 0 Å². The number of tetrazole rings is 1. The van der Waals surface area contributed by atoms with E-state index in [-0.39, 0.29) is 24.4 Å². The van der Waals surface area contributed by atoms with E-state index in [9.17, 15) is 9.90 Å². The Morgan fingerprint density at radius 2 is 2.05 bits per heavy atom. The van der Waals surface area contributed by atoms with Gasteiger partial charge in [0.25, 0.3) is 6.47 Å². The van der Waals surface area contributed by atoms with E-state index in [1.807, 2.05) is 31.7 Å². The quantitative estimate of drug-likeness (QED) is 0.221. The van der Waals surface area contributed by atoms with Crippen molar-refractivity contribution in [3.8, 4) is 0 Å². The van der Waals surface area contributed by atoms with E-state index in [1.165, 1.54) is 4.80 Å². The smallest absolute Gasteiger partial charge is 0.293 e. The summed E-state index contributed by atoms with van der Waals surface area (Å²) in [6.07, 6.45) is 6.13. The van der Waals surface area contributed by atoms with Crippen molar-refractivity contribution >= 4 is 29.4 Å². The number of aryl methyl sites for hydroxylation is 1. The van der Waals surface area contributed by atoms with Crippen molar-refractivity contribution in [3.05, 3.63) is 30.4 Å². The zero-order chi connectivity index (χ0) is 28.5. The molecule has 0 unspecified atom stereocenters. The van der Waals surface area contributed by atoms with Crippen molar-refractivity contribution in [2.45, 2.75) is 82.6 Å². The summed E-state index contributed by atoms with van der Waals surface area (Å²) in [7, 11) is 1.93. The highest BCUT2D eigenvalue weighted by atomic mass is 16.6. The van der Waals surface area contributed by atoms with Crippen LogP contribution in [-0.4, -0.2) is 85.7 Å². The van der Waals surface area contributed by atoms with Crippen LogP contribution in [-0.2, 0) is 27.7 Å². The van der Waals surface area contributed by atoms with E-state index in [2.05, 4.69) is 36.0 Å². The summed E-state index contributed by atoms with van der Waals surface area (Å²) < 4.78 is 15.1. The largest absolute Gasteiger partial charge is 0.457 e. The van der Waals surface area contributed by atoms with Gasteiger partial charge in [0.1, 0.15) is 6.10 Å². The van der Waals surface area contributed by atoms with Crippen LogP contribution in [0.15, 0.2) is 18.9 Å². The third-order valence-corrected chi connectivity index (χ3v) is 7.40. The first-order valence-corrected chi connectivity index (χ1v) is 13.8. The van der Waals surface area contributed by atoms with Crippen LogP contribution in [0.1, 0.15) is 69.4 Å². The van der Waals surface area contributed by atoms with Gasteiger partial charge in [0.2, 0.25) is 11.8 Å². The maximum Gasteiger partial charge on any atom is 0.293 e. The summed E-state index contributed by atoms with van der Waals surface area (Å²) in [5.41, 5.74) is 1.95. The van der Waals surface area contributed by atoms with Gasteiger partial charge in [0.15, 0.2) is 35.4 Å². The predicted octanol–water partition coefficient (Wildman–Crippen LogP) is 1.31. The summed E-state index contributed by atoms with van der Waals surface area (Å²) >= 11 is 0. The van der Waals surface area contributed by atoms with E-state index < -0.39 is 24.5 Å². The van der Waals surface area contributed by atoms with Crippen LogP contribution < -0.4 is 10.6 Å². The predicted molar refractivity (Wildman–Crippen MR) is 145 cm³/mol. The fourth-order valence-electron chi connectivity index (χ4n) is 5.31. The van der Waals surface area contributed by atoms with Gasteiger partial charge in [-0.25, -0.2) is 9.97 Å². The summed E-state index contributed by atoms with van der Waals surface area (Å²) in [4.78, 5) is 31.4. The van der Waals surface area contributed by atoms with E-state index in [4.69, 9.17) is 19.4 Å². The monoisotopic (exact) mass is 566 g/mol. The van der Waals surface area contributed by atoms with Crippen molar-refractivity contribution in [1.82, 2.24) is 49.3 Å². The van der Waals surface area contributed by atoms with Crippen molar-refractivity contribution in [2.24, 2.45) is 7.05 Å². The van der Waals surface area contributed by atoms with Crippen molar-refractivity contribution in [3.63, 3.8) is 0 Å². The third-order valence-electron chi connectivity index (χ3n) is 7.40. The first-order valence-electron chi connectivity index (χ1n) is 13.8. The minimum absolute atomic E-state index is 0.0312. The Kier molecular flexibility index (Phi) is 7.49. The molecular formula is C25H34N12O4. The number of aliphatic hydroxyl groups excluding tert-OH is 1. The molecule has 3 N–H and O–H groups in total.